The molecular formula is C11H15ClFNO2. The zero-order valence-corrected chi connectivity index (χ0v) is 10.1. The third kappa shape index (κ3) is 4.06. The minimum atomic E-state index is -0.406. The van der Waals surface area contributed by atoms with E-state index in [1.54, 1.807) is 20.3 Å². The molecule has 0 saturated heterocycles. The van der Waals surface area contributed by atoms with Crippen LogP contribution in [0.4, 0.5) is 4.39 Å². The molecule has 1 rings (SSSR count). The molecule has 5 heteroatoms. The number of halogens is 2. The van der Waals surface area contributed by atoms with Crippen molar-refractivity contribution < 1.29 is 13.9 Å². The van der Waals surface area contributed by atoms with E-state index in [0.717, 1.165) is 5.56 Å². The van der Waals surface area contributed by atoms with Crippen molar-refractivity contribution in [2.75, 3.05) is 20.8 Å². The van der Waals surface area contributed by atoms with Crippen LogP contribution in [0.3, 0.4) is 0 Å². The van der Waals surface area contributed by atoms with Gasteiger partial charge in [-0.1, -0.05) is 17.7 Å². The van der Waals surface area contributed by atoms with Crippen LogP contribution in [0.5, 0.6) is 0 Å². The third-order valence-electron chi connectivity index (χ3n) is 2.15. The summed E-state index contributed by atoms with van der Waals surface area (Å²) in [7, 11) is 3.13. The highest BCUT2D eigenvalue weighted by atomic mass is 35.5. The number of hydrogen-bond acceptors (Lipinski definition) is 3. The average Bonchev–Trinajstić information content (AvgIpc) is 2.29. The van der Waals surface area contributed by atoms with E-state index in [1.165, 1.54) is 12.1 Å². The minimum absolute atomic E-state index is 0.135. The molecule has 0 aliphatic carbocycles. The highest BCUT2D eigenvalue weighted by Gasteiger charge is 2.04. The molecule has 0 heterocycles. The number of methoxy groups -OCH3 is 2. The first kappa shape index (κ1) is 13.4. The van der Waals surface area contributed by atoms with Gasteiger partial charge in [-0.25, -0.2) is 4.39 Å². The molecule has 0 spiro atoms. The summed E-state index contributed by atoms with van der Waals surface area (Å²) in [6, 6.07) is 4.72. The van der Waals surface area contributed by atoms with Crippen LogP contribution < -0.4 is 5.32 Å². The van der Waals surface area contributed by atoms with Crippen LogP contribution in [0.15, 0.2) is 18.2 Å². The van der Waals surface area contributed by atoms with Crippen LogP contribution in [0.25, 0.3) is 0 Å². The van der Waals surface area contributed by atoms with E-state index in [2.05, 4.69) is 5.32 Å². The molecule has 1 aromatic carbocycles. The topological polar surface area (TPSA) is 30.5 Å². The number of nitrogens with one attached hydrogen (secondary N) is 1. The lowest BCUT2D eigenvalue weighted by Gasteiger charge is -2.14. The van der Waals surface area contributed by atoms with Gasteiger partial charge < -0.3 is 14.8 Å². The molecule has 0 aliphatic rings. The zero-order chi connectivity index (χ0) is 12.0. The van der Waals surface area contributed by atoms with Gasteiger partial charge in [0.2, 0.25) is 0 Å². The van der Waals surface area contributed by atoms with Crippen LogP contribution >= 0.6 is 11.6 Å². The Morgan fingerprint density at radius 2 is 2.06 bits per heavy atom. The van der Waals surface area contributed by atoms with Gasteiger partial charge in [-0.3, -0.25) is 0 Å². The van der Waals surface area contributed by atoms with Crippen molar-refractivity contribution in [2.45, 2.75) is 12.8 Å². The molecule has 3 nitrogen and oxygen atoms in total. The smallest absolute Gasteiger partial charge is 0.169 e. The zero-order valence-electron chi connectivity index (χ0n) is 9.30. The molecule has 90 valence electrons. The summed E-state index contributed by atoms with van der Waals surface area (Å²) in [5.41, 5.74) is 0.827. The Morgan fingerprint density at radius 3 is 2.62 bits per heavy atom. The minimum Gasteiger partial charge on any atom is -0.355 e. The summed E-state index contributed by atoms with van der Waals surface area (Å²) < 4.78 is 23.1. The summed E-state index contributed by atoms with van der Waals surface area (Å²) in [5.74, 6) is -0.406. The lowest BCUT2D eigenvalue weighted by molar-refractivity contribution is -0.0989. The Hall–Kier alpha value is -0.680. The van der Waals surface area contributed by atoms with Gasteiger partial charge in [0.25, 0.3) is 0 Å². The molecule has 0 bridgehead atoms. The quantitative estimate of drug-likeness (QED) is 0.782. The van der Waals surface area contributed by atoms with Gasteiger partial charge in [0, 0.05) is 27.3 Å². The van der Waals surface area contributed by atoms with Crippen LogP contribution in [0.2, 0.25) is 5.02 Å². The summed E-state index contributed by atoms with van der Waals surface area (Å²) in [4.78, 5) is 0. The van der Waals surface area contributed by atoms with Crippen molar-refractivity contribution in [2.24, 2.45) is 0 Å². The van der Waals surface area contributed by atoms with Gasteiger partial charge in [0.1, 0.15) is 5.82 Å². The normalized spacial score (nSPS) is 11.1. The first-order valence-electron chi connectivity index (χ1n) is 4.87. The van der Waals surface area contributed by atoms with E-state index in [1.807, 2.05) is 0 Å². The van der Waals surface area contributed by atoms with E-state index in [4.69, 9.17) is 21.1 Å². The lowest BCUT2D eigenvalue weighted by Crippen LogP contribution is -2.29. The van der Waals surface area contributed by atoms with Gasteiger partial charge in [-0.05, 0) is 17.7 Å². The number of rotatable bonds is 6. The average molecular weight is 248 g/mol. The second-order valence-electron chi connectivity index (χ2n) is 3.28. The van der Waals surface area contributed by atoms with E-state index < -0.39 is 5.82 Å². The predicted molar refractivity (Wildman–Crippen MR) is 60.9 cm³/mol. The van der Waals surface area contributed by atoms with Gasteiger partial charge >= 0.3 is 0 Å². The highest BCUT2D eigenvalue weighted by molar-refractivity contribution is 6.30. The van der Waals surface area contributed by atoms with Crippen molar-refractivity contribution in [1.29, 1.82) is 0 Å². The van der Waals surface area contributed by atoms with Crippen molar-refractivity contribution >= 4 is 11.6 Å². The van der Waals surface area contributed by atoms with E-state index >= 15 is 0 Å². The first-order valence-corrected chi connectivity index (χ1v) is 5.25. The second kappa shape index (κ2) is 6.81. The van der Waals surface area contributed by atoms with Gasteiger partial charge in [-0.2, -0.15) is 0 Å². The molecule has 0 aromatic heterocycles. The van der Waals surface area contributed by atoms with E-state index in [9.17, 15) is 4.39 Å². The number of hydrogen-bond donors (Lipinski definition) is 1. The Balaban J connectivity index is 2.40. The van der Waals surface area contributed by atoms with Crippen molar-refractivity contribution in [3.63, 3.8) is 0 Å². The van der Waals surface area contributed by atoms with Crippen LogP contribution in [-0.2, 0) is 16.0 Å². The molecule has 0 aliphatic heterocycles. The van der Waals surface area contributed by atoms with E-state index in [0.29, 0.717) is 13.1 Å². The van der Waals surface area contributed by atoms with Crippen molar-refractivity contribution in [3.8, 4) is 0 Å². The largest absolute Gasteiger partial charge is 0.355 e. The highest BCUT2D eigenvalue weighted by Crippen LogP contribution is 2.15. The number of benzene rings is 1. The predicted octanol–water partition coefficient (Wildman–Crippen LogP) is 2.19. The fourth-order valence-corrected chi connectivity index (χ4v) is 1.36. The first-order chi connectivity index (χ1) is 7.67. The Kier molecular flexibility index (Phi) is 5.69. The molecule has 16 heavy (non-hydrogen) atoms. The lowest BCUT2D eigenvalue weighted by atomic mass is 10.2. The molecule has 0 amide bonds. The molecule has 0 radical (unpaired) electrons. The van der Waals surface area contributed by atoms with Gasteiger partial charge in [-0.15, -0.1) is 0 Å². The van der Waals surface area contributed by atoms with Gasteiger partial charge in [0.15, 0.2) is 6.29 Å². The Morgan fingerprint density at radius 1 is 1.38 bits per heavy atom. The van der Waals surface area contributed by atoms with Gasteiger partial charge in [0.05, 0.1) is 5.02 Å². The molecule has 0 saturated carbocycles. The van der Waals surface area contributed by atoms with Crippen LogP contribution in [0.1, 0.15) is 5.56 Å². The fourth-order valence-electron chi connectivity index (χ4n) is 1.25. The van der Waals surface area contributed by atoms with E-state index in [-0.39, 0.29) is 11.3 Å². The molecule has 0 unspecified atom stereocenters. The van der Waals surface area contributed by atoms with Crippen LogP contribution in [-0.4, -0.2) is 27.1 Å². The molecule has 0 atom stereocenters. The Labute approximate surface area is 99.5 Å². The molecule has 1 N–H and O–H groups in total. The third-order valence-corrected chi connectivity index (χ3v) is 2.46. The molecule has 0 fully saturated rings. The number of ether oxygens (including phenoxy) is 2. The molecule has 1 aromatic rings. The summed E-state index contributed by atoms with van der Waals surface area (Å²) >= 11 is 5.57. The van der Waals surface area contributed by atoms with Crippen molar-refractivity contribution in [3.05, 3.63) is 34.6 Å². The maximum atomic E-state index is 13.1. The molecular weight excluding hydrogens is 233 g/mol. The summed E-state index contributed by atoms with van der Waals surface area (Å²) in [6.07, 6.45) is -0.294. The SMILES string of the molecule is COC(CNCc1ccc(Cl)c(F)c1)OC. The van der Waals surface area contributed by atoms with Crippen molar-refractivity contribution in [1.82, 2.24) is 5.32 Å². The second-order valence-corrected chi connectivity index (χ2v) is 3.69. The summed E-state index contributed by atoms with van der Waals surface area (Å²) in [5, 5.41) is 3.23. The fraction of sp³-hybridized carbons (Fsp3) is 0.455. The monoisotopic (exact) mass is 247 g/mol. The maximum absolute atomic E-state index is 13.1. The standard InChI is InChI=1S/C11H15ClFNO2/c1-15-11(16-2)7-14-6-8-3-4-9(12)10(13)5-8/h3-5,11,14H,6-7H2,1-2H3. The van der Waals surface area contributed by atoms with Crippen LogP contribution in [0, 0.1) is 5.82 Å². The summed E-state index contributed by atoms with van der Waals surface area (Å²) in [6.45, 7) is 1.08. The Bertz CT molecular complexity index is 332. The maximum Gasteiger partial charge on any atom is 0.169 e.